The second-order valence-electron chi connectivity index (χ2n) is 18.9. The van der Waals surface area contributed by atoms with E-state index < -0.39 is 42.4 Å². The molecule has 0 saturated carbocycles. The maximum absolute atomic E-state index is 12.8. The van der Waals surface area contributed by atoms with Crippen molar-refractivity contribution in [2.24, 2.45) is 0 Å². The van der Waals surface area contributed by atoms with Gasteiger partial charge in [0.15, 0.2) is 0 Å². The van der Waals surface area contributed by atoms with Crippen LogP contribution in [0.1, 0.15) is 128 Å². The molecule has 0 saturated heterocycles. The minimum absolute atomic E-state index is 0.0866. The number of fused-ring (bicyclic) bond motifs is 3. The molecule has 312 valence electrons. The molecule has 0 aliphatic rings. The summed E-state index contributed by atoms with van der Waals surface area (Å²) >= 11 is -3.37. The molecule has 0 aliphatic heterocycles. The first-order chi connectivity index (χ1) is 26.4. The van der Waals surface area contributed by atoms with E-state index in [4.69, 9.17) is 17.0 Å². The topological polar surface area (TPSA) is 0 Å². The molecule has 0 aromatic heterocycles. The van der Waals surface area contributed by atoms with E-state index >= 15 is 0 Å². The van der Waals surface area contributed by atoms with Gasteiger partial charge in [-0.15, -0.1) is 39.7 Å². The Hall–Kier alpha value is -2.99. The molecule has 0 spiro atoms. The van der Waals surface area contributed by atoms with Gasteiger partial charge in [0.25, 0.3) is 0 Å². The van der Waals surface area contributed by atoms with Gasteiger partial charge in [0.2, 0.25) is 0 Å². The zero-order valence-corrected chi connectivity index (χ0v) is 39.4. The van der Waals surface area contributed by atoms with E-state index in [2.05, 4.69) is 113 Å². The Morgan fingerprint density at radius 3 is 1.05 bits per heavy atom. The molecule has 0 bridgehead atoms. The summed E-state index contributed by atoms with van der Waals surface area (Å²) in [6, 6.07) is 30.8. The van der Waals surface area contributed by atoms with Crippen LogP contribution in [0.25, 0.3) is 21.5 Å². The molecule has 0 aliphatic carbocycles. The molecule has 9 heteroatoms. The molecule has 6 aromatic rings. The van der Waals surface area contributed by atoms with Crippen molar-refractivity contribution in [2.75, 3.05) is 0 Å². The minimum atomic E-state index is -4.57. The van der Waals surface area contributed by atoms with Crippen LogP contribution in [0.4, 0.5) is 26.3 Å². The number of hydrogen-bond donors (Lipinski definition) is 0. The van der Waals surface area contributed by atoms with Crippen LogP contribution >= 0.6 is 17.0 Å². The van der Waals surface area contributed by atoms with Crippen LogP contribution in [0.15, 0.2) is 109 Å². The molecule has 0 nitrogen and oxygen atoms in total. The molecular formula is C49H54Cl2F6Zr-2. The van der Waals surface area contributed by atoms with Crippen molar-refractivity contribution >= 4 is 41.8 Å². The normalized spacial score (nSPS) is 12.8. The molecule has 0 atom stereocenters. The Balaban J connectivity index is 0.000000232. The molecule has 6 aromatic carbocycles. The van der Waals surface area contributed by atoms with Gasteiger partial charge in [-0.05, 0) is 21.7 Å². The molecule has 58 heavy (non-hydrogen) atoms. The Labute approximate surface area is 355 Å². The van der Waals surface area contributed by atoms with E-state index in [1.807, 2.05) is 30.3 Å². The maximum Gasteiger partial charge on any atom is -0.172 e. The zero-order valence-electron chi connectivity index (χ0n) is 35.4. The first-order valence-electron chi connectivity index (χ1n) is 19.2. The van der Waals surface area contributed by atoms with Gasteiger partial charge in [-0.1, -0.05) is 117 Å². The van der Waals surface area contributed by atoms with Gasteiger partial charge >= 0.3 is 149 Å². The quantitative estimate of drug-likeness (QED) is 0.120. The molecule has 0 radical (unpaired) electrons. The molecule has 6 rings (SSSR count). The molecule has 0 fully saturated rings. The van der Waals surface area contributed by atoms with Crippen LogP contribution in [0.3, 0.4) is 0 Å². The smallest absolute Gasteiger partial charge is 0.172 e. The average Bonchev–Trinajstić information content (AvgIpc) is 3.77. The first-order valence-corrected chi connectivity index (χ1v) is 26.8. The van der Waals surface area contributed by atoms with Gasteiger partial charge in [0.05, 0.1) is 0 Å². The van der Waals surface area contributed by atoms with Gasteiger partial charge in [-0.3, -0.25) is 0 Å². The van der Waals surface area contributed by atoms with E-state index in [9.17, 15) is 26.3 Å². The van der Waals surface area contributed by atoms with Crippen LogP contribution in [0.2, 0.25) is 0 Å². The zero-order chi connectivity index (χ0) is 43.8. The monoisotopic (exact) mass is 916 g/mol. The summed E-state index contributed by atoms with van der Waals surface area (Å²) in [5.41, 5.74) is 4.75. The van der Waals surface area contributed by atoms with Crippen LogP contribution in [0.5, 0.6) is 0 Å². The van der Waals surface area contributed by atoms with Crippen LogP contribution < -0.4 is 0 Å². The number of halogens is 8. The van der Waals surface area contributed by atoms with E-state index in [0.717, 1.165) is 24.3 Å². The SMILES string of the molecule is CC(C)(C)c1cc2[cH-]c3cc(C(C)(C)C)c(C(C)(C)C)cc3c2cc1C(C)(C)C.FC(F)(F)c1cccc([C](c2cccc(C(F)(F)F)c2)=[Zr]([Cl])[Cl])c1.c1cc[cH-]c1. The number of rotatable bonds is 2. The van der Waals surface area contributed by atoms with Crippen molar-refractivity contribution in [3.8, 4) is 0 Å². The summed E-state index contributed by atoms with van der Waals surface area (Å²) < 4.78 is 77.2. The summed E-state index contributed by atoms with van der Waals surface area (Å²) in [6.45, 7) is 28.0. The molecule has 0 amide bonds. The molecular weight excluding hydrogens is 865 g/mol. The third kappa shape index (κ3) is 11.9. The van der Waals surface area contributed by atoms with Crippen molar-refractivity contribution in [3.05, 3.63) is 154 Å². The predicted octanol–water partition coefficient (Wildman–Crippen LogP) is 16.5. The van der Waals surface area contributed by atoms with Crippen molar-refractivity contribution in [2.45, 2.75) is 117 Å². The Kier molecular flexibility index (Phi) is 14.4. The molecule has 0 heterocycles. The van der Waals surface area contributed by atoms with E-state index in [1.165, 1.54) is 68.1 Å². The summed E-state index contributed by atoms with van der Waals surface area (Å²) in [7, 11) is 12.0. The third-order valence-electron chi connectivity index (χ3n) is 9.91. The largest absolute Gasteiger partial charge is 0.214 e. The van der Waals surface area contributed by atoms with Gasteiger partial charge in [0.1, 0.15) is 0 Å². The predicted molar refractivity (Wildman–Crippen MR) is 232 cm³/mol. The number of alkyl halides is 6. The Morgan fingerprint density at radius 1 is 0.466 bits per heavy atom. The van der Waals surface area contributed by atoms with Crippen molar-refractivity contribution in [1.82, 2.24) is 0 Å². The molecule has 0 unspecified atom stereocenters. The van der Waals surface area contributed by atoms with E-state index in [-0.39, 0.29) is 36.0 Å². The van der Waals surface area contributed by atoms with Crippen LogP contribution in [-0.4, -0.2) is 3.21 Å². The second kappa shape index (κ2) is 17.5. The number of benzene rings is 4. The summed E-state index contributed by atoms with van der Waals surface area (Å²) in [4.78, 5) is 0. The fourth-order valence-corrected chi connectivity index (χ4v) is 11.4. The van der Waals surface area contributed by atoms with Crippen LogP contribution in [0, 0.1) is 0 Å². The summed E-state index contributed by atoms with van der Waals surface area (Å²) in [6.07, 6.45) is -9.14. The van der Waals surface area contributed by atoms with E-state index in [1.54, 1.807) is 0 Å². The Morgan fingerprint density at radius 2 is 0.793 bits per heavy atom. The fraction of sp³-hybridized carbons (Fsp3) is 0.367. The second-order valence-corrected chi connectivity index (χ2v) is 27.0. The maximum atomic E-state index is 12.8. The van der Waals surface area contributed by atoms with Crippen molar-refractivity contribution in [1.29, 1.82) is 0 Å². The molecule has 0 N–H and O–H groups in total. The van der Waals surface area contributed by atoms with Gasteiger partial charge in [-0.25, -0.2) is 12.1 Å². The van der Waals surface area contributed by atoms with Gasteiger partial charge in [-0.2, -0.15) is 18.2 Å². The average molecular weight is 919 g/mol. The number of hydrogen-bond acceptors (Lipinski definition) is 0. The van der Waals surface area contributed by atoms with Gasteiger partial charge < -0.3 is 0 Å². The Bertz CT molecular complexity index is 2200. The van der Waals surface area contributed by atoms with Crippen molar-refractivity contribution < 1.29 is 45.2 Å². The van der Waals surface area contributed by atoms with Crippen molar-refractivity contribution in [3.63, 3.8) is 0 Å². The fourth-order valence-electron chi connectivity index (χ4n) is 7.00. The van der Waals surface area contributed by atoms with Gasteiger partial charge in [0, 0.05) is 0 Å². The van der Waals surface area contributed by atoms with E-state index in [0.29, 0.717) is 0 Å². The minimum Gasteiger partial charge on any atom is -0.214 e. The summed E-state index contributed by atoms with van der Waals surface area (Å²) in [5.74, 6) is 0. The first kappa shape index (κ1) is 47.7. The third-order valence-corrected chi connectivity index (χ3v) is 14.5. The summed E-state index contributed by atoms with van der Waals surface area (Å²) in [5, 5.41) is 5.57. The van der Waals surface area contributed by atoms with Crippen LogP contribution in [-0.2, 0) is 52.9 Å². The standard InChI is InChI=1S/C29H41.C15H8F6.C5H5.2ClH.Zr/c1-26(2,3)22-14-18-13-19-15-23(27(4,5)6)25(29(10,11)12)17-21(19)20(18)16-24(22)28(7,8)9;16-14(17,18)12-5-1-3-10(8-12)7-11-4-2-6-13(9-11)15(19,20)21;1-2-4-5-3-1;;;/h13-17H,1-12H3;1-6,8-9H;1-5H;2*1H;/q-1;;-1;;;+2/p-2.